The van der Waals surface area contributed by atoms with Crippen LogP contribution in [0, 0.1) is 0 Å². The minimum Gasteiger partial charge on any atom is -0.496 e. The Hall–Kier alpha value is -2.84. The number of carbonyl (C=O) groups is 1. The summed E-state index contributed by atoms with van der Waals surface area (Å²) in [5.74, 6) is 0.313. The van der Waals surface area contributed by atoms with Gasteiger partial charge in [-0.2, -0.15) is 0 Å². The number of methoxy groups -OCH3 is 1. The maximum atomic E-state index is 13.0. The van der Waals surface area contributed by atoms with Crippen molar-refractivity contribution >= 4 is 43.2 Å². The fraction of sp³-hybridized carbons (Fsp3) is 0.136. The van der Waals surface area contributed by atoms with E-state index in [0.29, 0.717) is 33.7 Å². The van der Waals surface area contributed by atoms with Gasteiger partial charge in [-0.25, -0.2) is 8.42 Å². The van der Waals surface area contributed by atoms with Crippen molar-refractivity contribution in [2.45, 2.75) is 11.8 Å². The topological polar surface area (TPSA) is 75.7 Å². The van der Waals surface area contributed by atoms with Gasteiger partial charge in [0.1, 0.15) is 5.75 Å². The molecular formula is C22H21BrN2O4S. The average Bonchev–Trinajstić information content (AvgIpc) is 2.75. The molecule has 0 aliphatic carbocycles. The van der Waals surface area contributed by atoms with Gasteiger partial charge in [-0.05, 0) is 77.5 Å². The Morgan fingerprint density at radius 3 is 2.27 bits per heavy atom. The first-order valence-corrected chi connectivity index (χ1v) is 11.4. The van der Waals surface area contributed by atoms with Crippen molar-refractivity contribution in [1.29, 1.82) is 0 Å². The summed E-state index contributed by atoms with van der Waals surface area (Å²) in [6.45, 7) is 2.09. The molecule has 0 saturated carbocycles. The van der Waals surface area contributed by atoms with Crippen LogP contribution in [0.15, 0.2) is 82.2 Å². The third-order valence-electron chi connectivity index (χ3n) is 4.45. The lowest BCUT2D eigenvalue weighted by Crippen LogP contribution is -2.30. The molecule has 8 heteroatoms. The second-order valence-corrected chi connectivity index (χ2v) is 9.05. The van der Waals surface area contributed by atoms with Crippen LogP contribution in [0.25, 0.3) is 0 Å². The lowest BCUT2D eigenvalue weighted by atomic mass is 10.2. The van der Waals surface area contributed by atoms with Crippen molar-refractivity contribution in [2.75, 3.05) is 23.3 Å². The summed E-state index contributed by atoms with van der Waals surface area (Å²) in [5, 5.41) is 2.77. The molecule has 0 unspecified atom stereocenters. The number of nitrogens with zero attached hydrogens (tertiary/aromatic N) is 1. The van der Waals surface area contributed by atoms with Crippen LogP contribution in [0.5, 0.6) is 5.75 Å². The molecule has 0 fully saturated rings. The molecule has 6 nitrogen and oxygen atoms in total. The first-order chi connectivity index (χ1) is 14.4. The second-order valence-electron chi connectivity index (χ2n) is 6.33. The van der Waals surface area contributed by atoms with Gasteiger partial charge in [0.2, 0.25) is 0 Å². The molecule has 0 spiro atoms. The van der Waals surface area contributed by atoms with E-state index in [-0.39, 0.29) is 10.8 Å². The summed E-state index contributed by atoms with van der Waals surface area (Å²) < 4.78 is 33.2. The predicted octanol–water partition coefficient (Wildman–Crippen LogP) is 4.93. The van der Waals surface area contributed by atoms with Crippen LogP contribution in [-0.2, 0) is 10.0 Å². The van der Waals surface area contributed by atoms with E-state index in [1.165, 1.54) is 16.4 Å². The number of halogens is 1. The van der Waals surface area contributed by atoms with E-state index in [2.05, 4.69) is 21.2 Å². The second kappa shape index (κ2) is 9.32. The fourth-order valence-corrected chi connectivity index (χ4v) is 4.95. The minimum atomic E-state index is -3.71. The molecule has 0 bridgehead atoms. The van der Waals surface area contributed by atoms with Crippen molar-refractivity contribution < 1.29 is 17.9 Å². The first kappa shape index (κ1) is 21.9. The van der Waals surface area contributed by atoms with Crippen molar-refractivity contribution in [2.24, 2.45) is 0 Å². The molecule has 0 radical (unpaired) electrons. The van der Waals surface area contributed by atoms with Crippen LogP contribution in [0.4, 0.5) is 11.4 Å². The van der Waals surface area contributed by atoms with Gasteiger partial charge in [-0.3, -0.25) is 9.10 Å². The summed E-state index contributed by atoms with van der Waals surface area (Å²) in [7, 11) is -2.17. The lowest BCUT2D eigenvalue weighted by Gasteiger charge is -2.23. The monoisotopic (exact) mass is 488 g/mol. The number of hydrogen-bond acceptors (Lipinski definition) is 4. The van der Waals surface area contributed by atoms with Crippen molar-refractivity contribution in [3.63, 3.8) is 0 Å². The molecular weight excluding hydrogens is 468 g/mol. The number of anilines is 2. The van der Waals surface area contributed by atoms with Crippen LogP contribution in [-0.4, -0.2) is 28.0 Å². The lowest BCUT2D eigenvalue weighted by molar-refractivity contribution is 0.102. The molecule has 0 aliphatic rings. The maximum Gasteiger partial charge on any atom is 0.264 e. The summed E-state index contributed by atoms with van der Waals surface area (Å²) in [5.41, 5.74) is 1.54. The molecule has 0 heterocycles. The van der Waals surface area contributed by atoms with Crippen LogP contribution < -0.4 is 14.4 Å². The van der Waals surface area contributed by atoms with Gasteiger partial charge < -0.3 is 10.1 Å². The zero-order valence-corrected chi connectivity index (χ0v) is 18.9. The number of hydrogen-bond donors (Lipinski definition) is 1. The van der Waals surface area contributed by atoms with E-state index < -0.39 is 10.0 Å². The number of benzene rings is 3. The summed E-state index contributed by atoms with van der Waals surface area (Å²) in [6, 6.07) is 20.0. The Balaban J connectivity index is 1.79. The molecule has 3 aromatic rings. The highest BCUT2D eigenvalue weighted by atomic mass is 79.9. The number of sulfonamides is 1. The van der Waals surface area contributed by atoms with Gasteiger partial charge in [-0.15, -0.1) is 0 Å². The van der Waals surface area contributed by atoms with Gasteiger partial charge in [0.25, 0.3) is 15.9 Å². The Morgan fingerprint density at radius 1 is 1.03 bits per heavy atom. The highest BCUT2D eigenvalue weighted by molar-refractivity contribution is 9.10. The maximum absolute atomic E-state index is 13.0. The minimum absolute atomic E-state index is 0.151. The largest absolute Gasteiger partial charge is 0.496 e. The smallest absolute Gasteiger partial charge is 0.264 e. The third-order valence-corrected chi connectivity index (χ3v) is 6.98. The van der Waals surface area contributed by atoms with Crippen LogP contribution in [0.1, 0.15) is 17.3 Å². The summed E-state index contributed by atoms with van der Waals surface area (Å²) in [4.78, 5) is 12.6. The number of nitrogens with one attached hydrogen (secondary N) is 1. The Morgan fingerprint density at radius 2 is 1.70 bits per heavy atom. The standard InChI is InChI=1S/C22H21BrN2O4S/c1-3-25(18-7-5-4-6-8-18)30(27,28)19-12-10-17(11-13-19)24-22(26)16-9-14-21(29-2)20(23)15-16/h4-15H,3H2,1-2H3,(H,24,26). The van der Waals surface area contributed by atoms with Crippen LogP contribution in [0.3, 0.4) is 0 Å². The molecule has 0 aliphatic heterocycles. The normalized spacial score (nSPS) is 11.0. The molecule has 1 amide bonds. The SMILES string of the molecule is CCN(c1ccccc1)S(=O)(=O)c1ccc(NC(=O)c2ccc(OC)c(Br)c2)cc1. The molecule has 3 aromatic carbocycles. The number of para-hydroxylation sites is 1. The van der Waals surface area contributed by atoms with Crippen molar-refractivity contribution in [3.8, 4) is 5.75 Å². The molecule has 0 aromatic heterocycles. The van der Waals surface area contributed by atoms with E-state index in [0.717, 1.165) is 0 Å². The van der Waals surface area contributed by atoms with Crippen LogP contribution >= 0.6 is 15.9 Å². The Kier molecular flexibility index (Phi) is 6.79. The molecule has 1 N–H and O–H groups in total. The predicted molar refractivity (Wildman–Crippen MR) is 122 cm³/mol. The zero-order chi connectivity index (χ0) is 21.7. The number of rotatable bonds is 7. The van der Waals surface area contributed by atoms with E-state index >= 15 is 0 Å². The van der Waals surface area contributed by atoms with E-state index in [9.17, 15) is 13.2 Å². The van der Waals surface area contributed by atoms with Gasteiger partial charge in [-0.1, -0.05) is 18.2 Å². The van der Waals surface area contributed by atoms with E-state index in [4.69, 9.17) is 4.74 Å². The summed E-state index contributed by atoms with van der Waals surface area (Å²) >= 11 is 3.36. The van der Waals surface area contributed by atoms with Crippen molar-refractivity contribution in [3.05, 3.63) is 82.8 Å². The van der Waals surface area contributed by atoms with E-state index in [1.807, 2.05) is 6.07 Å². The van der Waals surface area contributed by atoms with E-state index in [1.54, 1.807) is 68.6 Å². The number of ether oxygens (including phenoxy) is 1. The molecule has 30 heavy (non-hydrogen) atoms. The quantitative estimate of drug-likeness (QED) is 0.511. The Labute approximate surface area is 184 Å². The fourth-order valence-electron chi connectivity index (χ4n) is 2.93. The first-order valence-electron chi connectivity index (χ1n) is 9.19. The number of amides is 1. The molecule has 156 valence electrons. The molecule has 0 saturated heterocycles. The zero-order valence-electron chi connectivity index (χ0n) is 16.5. The van der Waals surface area contributed by atoms with Gasteiger partial charge in [0, 0.05) is 17.8 Å². The Bertz CT molecular complexity index is 1130. The highest BCUT2D eigenvalue weighted by Crippen LogP contribution is 2.27. The summed E-state index contributed by atoms with van der Waals surface area (Å²) in [6.07, 6.45) is 0. The van der Waals surface area contributed by atoms with Gasteiger partial charge >= 0.3 is 0 Å². The van der Waals surface area contributed by atoms with Gasteiger partial charge in [0.05, 0.1) is 22.2 Å². The number of carbonyl (C=O) groups excluding carboxylic acids is 1. The van der Waals surface area contributed by atoms with Gasteiger partial charge in [0.15, 0.2) is 0 Å². The molecule has 0 atom stereocenters. The molecule has 3 rings (SSSR count). The highest BCUT2D eigenvalue weighted by Gasteiger charge is 2.23. The van der Waals surface area contributed by atoms with Crippen molar-refractivity contribution in [1.82, 2.24) is 0 Å². The average molecular weight is 489 g/mol. The third kappa shape index (κ3) is 4.66. The van der Waals surface area contributed by atoms with Crippen LogP contribution in [0.2, 0.25) is 0 Å².